The van der Waals surface area contributed by atoms with Crippen molar-refractivity contribution in [2.75, 3.05) is 26.5 Å². The molecule has 3 nitrogen and oxygen atoms in total. The largest absolute Gasteiger partial charge is 0.355 e. The molecule has 2 unspecified atom stereocenters. The third-order valence-electron chi connectivity index (χ3n) is 1.98. The average molecular weight is 129 g/mol. The molecular weight excluding hydrogens is 118 g/mol. The van der Waals surface area contributed by atoms with Crippen LogP contribution >= 0.6 is 0 Å². The standard InChI is InChI=1S/C6H11NO2/c1-5-3-8-4-9-6(5)2-7-1/h5-7H,1-4H2. The van der Waals surface area contributed by atoms with Gasteiger partial charge in [0.15, 0.2) is 0 Å². The third kappa shape index (κ3) is 0.956. The molecular formula is C6H11NO2. The summed E-state index contributed by atoms with van der Waals surface area (Å²) in [5.74, 6) is 0.610. The van der Waals surface area contributed by atoms with Gasteiger partial charge in [-0.2, -0.15) is 0 Å². The van der Waals surface area contributed by atoms with E-state index in [-0.39, 0.29) is 0 Å². The molecule has 2 fully saturated rings. The molecule has 0 amide bonds. The first-order valence-corrected chi connectivity index (χ1v) is 3.37. The lowest BCUT2D eigenvalue weighted by Gasteiger charge is -2.24. The topological polar surface area (TPSA) is 30.5 Å². The minimum atomic E-state index is 0.429. The van der Waals surface area contributed by atoms with Crippen molar-refractivity contribution in [3.8, 4) is 0 Å². The molecule has 0 aliphatic carbocycles. The Kier molecular flexibility index (Phi) is 1.41. The van der Waals surface area contributed by atoms with E-state index in [2.05, 4.69) is 5.32 Å². The zero-order chi connectivity index (χ0) is 6.10. The first-order valence-electron chi connectivity index (χ1n) is 3.37. The molecule has 0 spiro atoms. The van der Waals surface area contributed by atoms with E-state index in [0.717, 1.165) is 19.7 Å². The summed E-state index contributed by atoms with van der Waals surface area (Å²) in [6.45, 7) is 3.43. The molecule has 2 aliphatic heterocycles. The Balaban J connectivity index is 1.97. The quantitative estimate of drug-likeness (QED) is 0.482. The molecule has 0 aromatic carbocycles. The molecule has 2 atom stereocenters. The summed E-state index contributed by atoms with van der Waals surface area (Å²) in [7, 11) is 0. The van der Waals surface area contributed by atoms with Crippen LogP contribution < -0.4 is 5.32 Å². The van der Waals surface area contributed by atoms with Crippen molar-refractivity contribution in [2.24, 2.45) is 5.92 Å². The van der Waals surface area contributed by atoms with Gasteiger partial charge in [0.05, 0.1) is 12.7 Å². The van der Waals surface area contributed by atoms with E-state index in [1.165, 1.54) is 0 Å². The second-order valence-electron chi connectivity index (χ2n) is 2.61. The predicted molar refractivity (Wildman–Crippen MR) is 32.1 cm³/mol. The van der Waals surface area contributed by atoms with E-state index in [9.17, 15) is 0 Å². The zero-order valence-corrected chi connectivity index (χ0v) is 5.30. The van der Waals surface area contributed by atoms with Crippen LogP contribution in [0.4, 0.5) is 0 Å². The second kappa shape index (κ2) is 2.25. The lowest BCUT2D eigenvalue weighted by Crippen LogP contribution is -2.32. The molecule has 2 heterocycles. The summed E-state index contributed by atoms with van der Waals surface area (Å²) in [4.78, 5) is 0. The van der Waals surface area contributed by atoms with Gasteiger partial charge in [-0.3, -0.25) is 0 Å². The molecule has 2 aliphatic rings. The van der Waals surface area contributed by atoms with Gasteiger partial charge >= 0.3 is 0 Å². The van der Waals surface area contributed by atoms with Gasteiger partial charge in [-0.25, -0.2) is 0 Å². The van der Waals surface area contributed by atoms with Crippen molar-refractivity contribution in [3.63, 3.8) is 0 Å². The summed E-state index contributed by atoms with van der Waals surface area (Å²) in [6, 6.07) is 0. The van der Waals surface area contributed by atoms with Crippen molar-refractivity contribution >= 4 is 0 Å². The zero-order valence-electron chi connectivity index (χ0n) is 5.30. The summed E-state index contributed by atoms with van der Waals surface area (Å²) in [5, 5.41) is 3.26. The smallest absolute Gasteiger partial charge is 0.147 e. The second-order valence-corrected chi connectivity index (χ2v) is 2.61. The molecule has 1 N–H and O–H groups in total. The lowest BCUT2D eigenvalue weighted by molar-refractivity contribution is -0.153. The Hall–Kier alpha value is -0.120. The van der Waals surface area contributed by atoms with Gasteiger partial charge in [-0.15, -0.1) is 0 Å². The highest BCUT2D eigenvalue weighted by molar-refractivity contribution is 4.82. The van der Waals surface area contributed by atoms with E-state index in [0.29, 0.717) is 18.8 Å². The fourth-order valence-corrected chi connectivity index (χ4v) is 1.41. The summed E-state index contributed by atoms with van der Waals surface area (Å²) in [5.41, 5.74) is 0. The van der Waals surface area contributed by atoms with E-state index in [1.54, 1.807) is 0 Å². The van der Waals surface area contributed by atoms with Gasteiger partial charge in [0.1, 0.15) is 6.79 Å². The van der Waals surface area contributed by atoms with Crippen molar-refractivity contribution in [1.82, 2.24) is 5.32 Å². The van der Waals surface area contributed by atoms with Crippen LogP contribution in [0, 0.1) is 5.92 Å². The highest BCUT2D eigenvalue weighted by atomic mass is 16.7. The van der Waals surface area contributed by atoms with Gasteiger partial charge in [0, 0.05) is 19.0 Å². The van der Waals surface area contributed by atoms with Crippen LogP contribution in [0.5, 0.6) is 0 Å². The maximum Gasteiger partial charge on any atom is 0.147 e. The average Bonchev–Trinajstić information content (AvgIpc) is 2.33. The van der Waals surface area contributed by atoms with E-state index >= 15 is 0 Å². The van der Waals surface area contributed by atoms with Gasteiger partial charge in [0.2, 0.25) is 0 Å². The first-order chi connectivity index (χ1) is 4.47. The minimum absolute atomic E-state index is 0.429. The maximum absolute atomic E-state index is 5.32. The predicted octanol–water partition coefficient (Wildman–Crippen LogP) is -0.421. The number of nitrogens with one attached hydrogen (secondary N) is 1. The molecule has 2 rings (SSSR count). The van der Waals surface area contributed by atoms with E-state index in [1.807, 2.05) is 0 Å². The number of fused-ring (bicyclic) bond motifs is 1. The maximum atomic E-state index is 5.32. The monoisotopic (exact) mass is 129 g/mol. The fourth-order valence-electron chi connectivity index (χ4n) is 1.41. The summed E-state index contributed by atoms with van der Waals surface area (Å²) in [6.07, 6.45) is 0.429. The Bertz CT molecular complexity index is 95.2. The van der Waals surface area contributed by atoms with E-state index < -0.39 is 0 Å². The Morgan fingerprint density at radius 3 is 3.22 bits per heavy atom. The lowest BCUT2D eigenvalue weighted by atomic mass is 10.1. The van der Waals surface area contributed by atoms with Crippen LogP contribution in [0.25, 0.3) is 0 Å². The van der Waals surface area contributed by atoms with Crippen LogP contribution in [-0.2, 0) is 9.47 Å². The van der Waals surface area contributed by atoms with Crippen LogP contribution in [0.2, 0.25) is 0 Å². The van der Waals surface area contributed by atoms with Crippen molar-refractivity contribution in [1.29, 1.82) is 0 Å². The third-order valence-corrected chi connectivity index (χ3v) is 1.98. The molecule has 0 radical (unpaired) electrons. The molecule has 0 aromatic rings. The minimum Gasteiger partial charge on any atom is -0.355 e. The molecule has 0 aromatic heterocycles. The van der Waals surface area contributed by atoms with Gasteiger partial charge < -0.3 is 14.8 Å². The Morgan fingerprint density at radius 2 is 2.33 bits per heavy atom. The van der Waals surface area contributed by atoms with Crippen molar-refractivity contribution in [2.45, 2.75) is 6.10 Å². The molecule has 52 valence electrons. The van der Waals surface area contributed by atoms with Gasteiger partial charge in [-0.1, -0.05) is 0 Å². The van der Waals surface area contributed by atoms with E-state index in [4.69, 9.17) is 9.47 Å². The van der Waals surface area contributed by atoms with Crippen LogP contribution in [0.3, 0.4) is 0 Å². The Labute approximate surface area is 54.3 Å². The number of hydrogen-bond acceptors (Lipinski definition) is 3. The molecule has 0 saturated carbocycles. The van der Waals surface area contributed by atoms with Crippen molar-refractivity contribution in [3.05, 3.63) is 0 Å². The normalized spacial score (nSPS) is 42.7. The molecule has 3 heteroatoms. The van der Waals surface area contributed by atoms with Gasteiger partial charge in [-0.05, 0) is 0 Å². The number of rotatable bonds is 0. The summed E-state index contributed by atoms with van der Waals surface area (Å²) < 4.78 is 10.4. The van der Waals surface area contributed by atoms with Crippen LogP contribution in [0.15, 0.2) is 0 Å². The van der Waals surface area contributed by atoms with Crippen molar-refractivity contribution < 1.29 is 9.47 Å². The van der Waals surface area contributed by atoms with Crippen LogP contribution in [-0.4, -0.2) is 32.6 Å². The summed E-state index contributed by atoms with van der Waals surface area (Å²) >= 11 is 0. The van der Waals surface area contributed by atoms with Gasteiger partial charge in [0.25, 0.3) is 0 Å². The number of hydrogen-bond donors (Lipinski definition) is 1. The highest BCUT2D eigenvalue weighted by Crippen LogP contribution is 2.16. The Morgan fingerprint density at radius 1 is 1.33 bits per heavy atom. The fraction of sp³-hybridized carbons (Fsp3) is 1.00. The molecule has 0 bridgehead atoms. The first kappa shape index (κ1) is 5.65. The number of ether oxygens (including phenoxy) is 2. The molecule has 2 saturated heterocycles. The van der Waals surface area contributed by atoms with Crippen LogP contribution in [0.1, 0.15) is 0 Å². The highest BCUT2D eigenvalue weighted by Gasteiger charge is 2.30. The SMILES string of the molecule is C1OCC2CNCC2O1. The molecule has 9 heavy (non-hydrogen) atoms.